The standard InChI is InChI=1S/C19H31NO3/c1-19(2,3)15-16-6-8-17(9-7-16)18(21)5-4-11-22-13-14-23-12-10-20/h6-9H,4-5,10-15,20H2,1-3H3. The second kappa shape index (κ2) is 10.5. The van der Waals surface area contributed by atoms with Crippen molar-refractivity contribution in [2.75, 3.05) is 33.0 Å². The first-order chi connectivity index (χ1) is 10.9. The van der Waals surface area contributed by atoms with E-state index in [4.69, 9.17) is 15.2 Å². The van der Waals surface area contributed by atoms with E-state index >= 15 is 0 Å². The fourth-order valence-corrected chi connectivity index (χ4v) is 2.31. The molecular formula is C19H31NO3. The summed E-state index contributed by atoms with van der Waals surface area (Å²) in [5.41, 5.74) is 7.64. The molecule has 1 rings (SSSR count). The minimum Gasteiger partial charge on any atom is -0.379 e. The number of carbonyl (C=O) groups is 1. The Balaban J connectivity index is 2.22. The van der Waals surface area contributed by atoms with Gasteiger partial charge in [0, 0.05) is 25.1 Å². The van der Waals surface area contributed by atoms with Gasteiger partial charge in [0.25, 0.3) is 0 Å². The molecule has 0 atom stereocenters. The zero-order valence-electron chi connectivity index (χ0n) is 14.8. The van der Waals surface area contributed by atoms with Crippen LogP contribution in [-0.4, -0.2) is 38.8 Å². The largest absolute Gasteiger partial charge is 0.379 e. The maximum absolute atomic E-state index is 12.1. The first-order valence-electron chi connectivity index (χ1n) is 8.40. The van der Waals surface area contributed by atoms with Crippen LogP contribution in [0.2, 0.25) is 0 Å². The van der Waals surface area contributed by atoms with Crippen LogP contribution in [0.1, 0.15) is 49.5 Å². The average molecular weight is 321 g/mol. The normalized spacial score (nSPS) is 11.7. The summed E-state index contributed by atoms with van der Waals surface area (Å²) in [7, 11) is 0. The Labute approximate surface area is 140 Å². The van der Waals surface area contributed by atoms with E-state index < -0.39 is 0 Å². The van der Waals surface area contributed by atoms with E-state index in [9.17, 15) is 4.79 Å². The second-order valence-electron chi connectivity index (χ2n) is 6.97. The summed E-state index contributed by atoms with van der Waals surface area (Å²) in [5, 5.41) is 0. The van der Waals surface area contributed by atoms with Gasteiger partial charge in [0.1, 0.15) is 0 Å². The zero-order valence-corrected chi connectivity index (χ0v) is 14.8. The Kier molecular flexibility index (Phi) is 9.07. The van der Waals surface area contributed by atoms with Crippen molar-refractivity contribution in [2.45, 2.75) is 40.0 Å². The highest BCUT2D eigenvalue weighted by atomic mass is 16.5. The highest BCUT2D eigenvalue weighted by Gasteiger charge is 2.12. The van der Waals surface area contributed by atoms with Crippen LogP contribution >= 0.6 is 0 Å². The Morgan fingerprint density at radius 3 is 2.17 bits per heavy atom. The lowest BCUT2D eigenvalue weighted by molar-refractivity contribution is 0.0489. The quantitative estimate of drug-likeness (QED) is 0.502. The van der Waals surface area contributed by atoms with Crippen molar-refractivity contribution in [3.63, 3.8) is 0 Å². The molecule has 0 amide bonds. The van der Waals surface area contributed by atoms with Gasteiger partial charge in [0.2, 0.25) is 0 Å². The number of rotatable bonds is 11. The van der Waals surface area contributed by atoms with Crippen molar-refractivity contribution in [3.05, 3.63) is 35.4 Å². The number of Topliss-reactive ketones (excluding diaryl/α,β-unsaturated/α-hetero) is 1. The Morgan fingerprint density at radius 2 is 1.61 bits per heavy atom. The molecule has 1 aromatic carbocycles. The third-order valence-corrected chi connectivity index (χ3v) is 3.34. The minimum absolute atomic E-state index is 0.176. The van der Waals surface area contributed by atoms with Crippen molar-refractivity contribution in [3.8, 4) is 0 Å². The molecule has 0 aliphatic heterocycles. The summed E-state index contributed by atoms with van der Waals surface area (Å²) in [6, 6.07) is 7.99. The molecule has 0 saturated heterocycles. The van der Waals surface area contributed by atoms with Gasteiger partial charge in [-0.25, -0.2) is 0 Å². The smallest absolute Gasteiger partial charge is 0.162 e. The molecule has 0 heterocycles. The molecule has 0 radical (unpaired) electrons. The van der Waals surface area contributed by atoms with Crippen LogP contribution in [0.3, 0.4) is 0 Å². The number of carbonyl (C=O) groups excluding carboxylic acids is 1. The highest BCUT2D eigenvalue weighted by molar-refractivity contribution is 5.96. The molecule has 0 aromatic heterocycles. The first-order valence-corrected chi connectivity index (χ1v) is 8.40. The topological polar surface area (TPSA) is 61.5 Å². The van der Waals surface area contributed by atoms with Crippen LogP contribution in [0.5, 0.6) is 0 Å². The van der Waals surface area contributed by atoms with E-state index in [2.05, 4.69) is 32.9 Å². The Hall–Kier alpha value is -1.23. The predicted octanol–water partition coefficient (Wildman–Crippen LogP) is 3.23. The van der Waals surface area contributed by atoms with Crippen molar-refractivity contribution in [1.82, 2.24) is 0 Å². The molecule has 4 nitrogen and oxygen atoms in total. The Morgan fingerprint density at radius 1 is 1.00 bits per heavy atom. The van der Waals surface area contributed by atoms with E-state index in [-0.39, 0.29) is 11.2 Å². The van der Waals surface area contributed by atoms with Crippen LogP contribution in [-0.2, 0) is 15.9 Å². The molecule has 0 aliphatic carbocycles. The van der Waals surface area contributed by atoms with Crippen LogP contribution in [0, 0.1) is 5.41 Å². The fourth-order valence-electron chi connectivity index (χ4n) is 2.31. The van der Waals surface area contributed by atoms with Gasteiger partial charge in [0.15, 0.2) is 5.78 Å². The van der Waals surface area contributed by atoms with Crippen molar-refractivity contribution in [1.29, 1.82) is 0 Å². The number of benzene rings is 1. The molecule has 0 bridgehead atoms. The van der Waals surface area contributed by atoms with Gasteiger partial charge >= 0.3 is 0 Å². The van der Waals surface area contributed by atoms with Crippen LogP contribution in [0.25, 0.3) is 0 Å². The third-order valence-electron chi connectivity index (χ3n) is 3.34. The summed E-state index contributed by atoms with van der Waals surface area (Å²) in [6.45, 7) is 9.43. The fraction of sp³-hybridized carbons (Fsp3) is 0.632. The number of hydrogen-bond acceptors (Lipinski definition) is 4. The maximum Gasteiger partial charge on any atom is 0.162 e. The van der Waals surface area contributed by atoms with Gasteiger partial charge in [-0.15, -0.1) is 0 Å². The zero-order chi connectivity index (χ0) is 17.1. The Bertz CT molecular complexity index is 449. The van der Waals surface area contributed by atoms with Crippen LogP contribution in [0.15, 0.2) is 24.3 Å². The van der Waals surface area contributed by atoms with Gasteiger partial charge in [-0.05, 0) is 23.8 Å². The SMILES string of the molecule is CC(C)(C)Cc1ccc(C(=O)CCCOCCOCCN)cc1. The first kappa shape index (κ1) is 19.8. The van der Waals surface area contributed by atoms with Gasteiger partial charge < -0.3 is 15.2 Å². The van der Waals surface area contributed by atoms with Crippen molar-refractivity contribution in [2.24, 2.45) is 11.1 Å². The molecule has 1 aromatic rings. The maximum atomic E-state index is 12.1. The molecule has 0 spiro atoms. The lowest BCUT2D eigenvalue weighted by Gasteiger charge is -2.18. The van der Waals surface area contributed by atoms with Gasteiger partial charge in [-0.2, -0.15) is 0 Å². The van der Waals surface area contributed by atoms with E-state index in [1.54, 1.807) is 0 Å². The van der Waals surface area contributed by atoms with Gasteiger partial charge in [-0.1, -0.05) is 45.0 Å². The van der Waals surface area contributed by atoms with E-state index in [0.29, 0.717) is 39.4 Å². The van der Waals surface area contributed by atoms with Gasteiger partial charge in [-0.3, -0.25) is 4.79 Å². The van der Waals surface area contributed by atoms with Gasteiger partial charge in [0.05, 0.1) is 19.8 Å². The summed E-state index contributed by atoms with van der Waals surface area (Å²) in [6.07, 6.45) is 2.27. The van der Waals surface area contributed by atoms with Crippen molar-refractivity contribution < 1.29 is 14.3 Å². The molecule has 130 valence electrons. The molecule has 2 N–H and O–H groups in total. The average Bonchev–Trinajstić information content (AvgIpc) is 2.49. The molecule has 0 saturated carbocycles. The van der Waals surface area contributed by atoms with Crippen LogP contribution in [0.4, 0.5) is 0 Å². The number of nitrogens with two attached hydrogens (primary N) is 1. The summed E-state index contributed by atoms with van der Waals surface area (Å²) < 4.78 is 10.6. The number of ether oxygens (including phenoxy) is 2. The molecule has 0 unspecified atom stereocenters. The minimum atomic E-state index is 0.176. The summed E-state index contributed by atoms with van der Waals surface area (Å²) >= 11 is 0. The van der Waals surface area contributed by atoms with E-state index in [1.165, 1.54) is 5.56 Å². The third kappa shape index (κ3) is 9.49. The molecule has 4 heteroatoms. The lowest BCUT2D eigenvalue weighted by atomic mass is 9.88. The highest BCUT2D eigenvalue weighted by Crippen LogP contribution is 2.21. The van der Waals surface area contributed by atoms with E-state index in [1.807, 2.05) is 12.1 Å². The second-order valence-corrected chi connectivity index (χ2v) is 6.97. The summed E-state index contributed by atoms with van der Waals surface area (Å²) in [5.74, 6) is 0.176. The monoisotopic (exact) mass is 321 g/mol. The molecule has 23 heavy (non-hydrogen) atoms. The van der Waals surface area contributed by atoms with Crippen LogP contribution < -0.4 is 5.73 Å². The molecular weight excluding hydrogens is 290 g/mol. The van der Waals surface area contributed by atoms with Crippen molar-refractivity contribution >= 4 is 5.78 Å². The number of hydrogen-bond donors (Lipinski definition) is 1. The molecule has 0 aliphatic rings. The van der Waals surface area contributed by atoms with E-state index in [0.717, 1.165) is 18.4 Å². The number of ketones is 1. The summed E-state index contributed by atoms with van der Waals surface area (Å²) in [4.78, 5) is 12.1. The molecule has 0 fully saturated rings. The lowest BCUT2D eigenvalue weighted by Crippen LogP contribution is -2.12. The predicted molar refractivity (Wildman–Crippen MR) is 93.9 cm³/mol.